The number of rotatable bonds is 5. The Morgan fingerprint density at radius 1 is 1.18 bits per heavy atom. The van der Waals surface area contributed by atoms with Crippen molar-refractivity contribution < 1.29 is 13.2 Å². The van der Waals surface area contributed by atoms with Gasteiger partial charge < -0.3 is 5.32 Å². The summed E-state index contributed by atoms with van der Waals surface area (Å²) in [4.78, 5) is 0. The van der Waals surface area contributed by atoms with Crippen LogP contribution in [0.25, 0.3) is 0 Å². The maximum atomic E-state index is 12.5. The molecule has 1 aromatic rings. The lowest BCUT2D eigenvalue weighted by Gasteiger charge is -2.15. The lowest BCUT2D eigenvalue weighted by molar-refractivity contribution is -0.137. The Bertz CT molecular complexity index is 343. The van der Waals surface area contributed by atoms with Crippen LogP contribution in [0.2, 0.25) is 0 Å². The van der Waals surface area contributed by atoms with E-state index >= 15 is 0 Å². The van der Waals surface area contributed by atoms with E-state index in [-0.39, 0.29) is 0 Å². The number of alkyl halides is 3. The highest BCUT2D eigenvalue weighted by molar-refractivity contribution is 5.46. The van der Waals surface area contributed by atoms with Gasteiger partial charge in [0.1, 0.15) is 0 Å². The molecule has 1 rings (SSSR count). The first kappa shape index (κ1) is 13.9. The Labute approximate surface area is 100 Å². The van der Waals surface area contributed by atoms with Gasteiger partial charge in [-0.15, -0.1) is 0 Å². The summed E-state index contributed by atoms with van der Waals surface area (Å²) in [5, 5.41) is 3.06. The third-order valence-electron chi connectivity index (χ3n) is 2.94. The Balaban J connectivity index is 2.66. The molecule has 0 aliphatic rings. The number of nitrogens with one attached hydrogen (secondary N) is 1. The van der Waals surface area contributed by atoms with Crippen molar-refractivity contribution >= 4 is 5.69 Å². The molecule has 0 saturated carbocycles. The molecular weight excluding hydrogens is 227 g/mol. The standard InChI is InChI=1S/C13H18F3N/c1-3-10(4-2)9-17-12-7-5-6-11(8-12)13(14,15)16/h5-8,10,17H,3-4,9H2,1-2H3. The minimum Gasteiger partial charge on any atom is -0.385 e. The fraction of sp³-hybridized carbons (Fsp3) is 0.538. The van der Waals surface area contributed by atoms with Crippen LogP contribution in [-0.2, 0) is 6.18 Å². The van der Waals surface area contributed by atoms with Crippen molar-refractivity contribution in [1.29, 1.82) is 0 Å². The van der Waals surface area contributed by atoms with E-state index in [0.29, 0.717) is 18.2 Å². The van der Waals surface area contributed by atoms with Gasteiger partial charge in [-0.1, -0.05) is 32.8 Å². The van der Waals surface area contributed by atoms with Crippen LogP contribution in [0.3, 0.4) is 0 Å². The molecule has 0 spiro atoms. The first-order valence-corrected chi connectivity index (χ1v) is 5.88. The summed E-state index contributed by atoms with van der Waals surface area (Å²) in [6, 6.07) is 5.33. The van der Waals surface area contributed by atoms with E-state index in [9.17, 15) is 13.2 Å². The number of anilines is 1. The summed E-state index contributed by atoms with van der Waals surface area (Å²) in [7, 11) is 0. The first-order valence-electron chi connectivity index (χ1n) is 5.88. The minimum atomic E-state index is -4.27. The van der Waals surface area contributed by atoms with E-state index in [4.69, 9.17) is 0 Å². The summed E-state index contributed by atoms with van der Waals surface area (Å²) < 4.78 is 37.4. The molecule has 0 aromatic heterocycles. The zero-order valence-corrected chi connectivity index (χ0v) is 10.1. The maximum absolute atomic E-state index is 12.5. The largest absolute Gasteiger partial charge is 0.416 e. The monoisotopic (exact) mass is 245 g/mol. The molecule has 1 N–H and O–H groups in total. The highest BCUT2D eigenvalue weighted by Crippen LogP contribution is 2.30. The van der Waals surface area contributed by atoms with E-state index < -0.39 is 11.7 Å². The summed E-state index contributed by atoms with van der Waals surface area (Å²) in [5.41, 5.74) is -0.0706. The van der Waals surface area contributed by atoms with Crippen molar-refractivity contribution in [3.05, 3.63) is 29.8 Å². The fourth-order valence-corrected chi connectivity index (χ4v) is 1.65. The molecule has 1 nitrogen and oxygen atoms in total. The third-order valence-corrected chi connectivity index (χ3v) is 2.94. The molecule has 1 aromatic carbocycles. The molecule has 0 unspecified atom stereocenters. The molecule has 0 fully saturated rings. The van der Waals surface area contributed by atoms with Gasteiger partial charge in [0, 0.05) is 12.2 Å². The topological polar surface area (TPSA) is 12.0 Å². The van der Waals surface area contributed by atoms with Gasteiger partial charge in [0.2, 0.25) is 0 Å². The van der Waals surface area contributed by atoms with Crippen LogP contribution >= 0.6 is 0 Å². The molecule has 4 heteroatoms. The summed E-state index contributed by atoms with van der Waals surface area (Å²) in [6.45, 7) is 4.89. The Morgan fingerprint density at radius 3 is 2.35 bits per heavy atom. The molecule has 0 bridgehead atoms. The van der Waals surface area contributed by atoms with Gasteiger partial charge in [-0.2, -0.15) is 13.2 Å². The quantitative estimate of drug-likeness (QED) is 0.802. The van der Waals surface area contributed by atoms with Gasteiger partial charge in [0.25, 0.3) is 0 Å². The smallest absolute Gasteiger partial charge is 0.385 e. The number of hydrogen-bond acceptors (Lipinski definition) is 1. The van der Waals surface area contributed by atoms with Gasteiger partial charge in [-0.05, 0) is 24.1 Å². The fourth-order valence-electron chi connectivity index (χ4n) is 1.65. The van der Waals surface area contributed by atoms with Crippen molar-refractivity contribution in [2.45, 2.75) is 32.9 Å². The van der Waals surface area contributed by atoms with Gasteiger partial charge in [-0.25, -0.2) is 0 Å². The molecule has 0 saturated heterocycles. The Morgan fingerprint density at radius 2 is 1.82 bits per heavy atom. The van der Waals surface area contributed by atoms with Crippen molar-refractivity contribution in [1.82, 2.24) is 0 Å². The molecule has 0 atom stereocenters. The van der Waals surface area contributed by atoms with Crippen LogP contribution in [0.1, 0.15) is 32.3 Å². The SMILES string of the molecule is CCC(CC)CNc1cccc(C(F)(F)F)c1. The predicted molar refractivity (Wildman–Crippen MR) is 64.0 cm³/mol. The normalized spacial score (nSPS) is 11.9. The van der Waals surface area contributed by atoms with E-state index in [1.165, 1.54) is 6.07 Å². The highest BCUT2D eigenvalue weighted by atomic mass is 19.4. The van der Waals surface area contributed by atoms with Crippen molar-refractivity contribution in [2.24, 2.45) is 5.92 Å². The van der Waals surface area contributed by atoms with Crippen LogP contribution in [-0.4, -0.2) is 6.54 Å². The lowest BCUT2D eigenvalue weighted by atomic mass is 10.0. The van der Waals surface area contributed by atoms with Crippen molar-refractivity contribution in [3.63, 3.8) is 0 Å². The van der Waals surface area contributed by atoms with Gasteiger partial charge in [0.15, 0.2) is 0 Å². The average molecular weight is 245 g/mol. The number of benzene rings is 1. The third kappa shape index (κ3) is 4.29. The highest BCUT2D eigenvalue weighted by Gasteiger charge is 2.30. The molecule has 0 amide bonds. The summed E-state index contributed by atoms with van der Waals surface area (Å²) in [5.74, 6) is 0.504. The van der Waals surface area contributed by atoms with E-state index in [0.717, 1.165) is 25.0 Å². The predicted octanol–water partition coefficient (Wildman–Crippen LogP) is 4.55. The average Bonchev–Trinajstić information content (AvgIpc) is 2.30. The van der Waals surface area contributed by atoms with Gasteiger partial charge >= 0.3 is 6.18 Å². The summed E-state index contributed by atoms with van der Waals surface area (Å²) >= 11 is 0. The summed E-state index contributed by atoms with van der Waals surface area (Å²) in [6.07, 6.45) is -2.21. The Kier molecular flexibility index (Phi) is 4.85. The second-order valence-corrected chi connectivity index (χ2v) is 4.14. The van der Waals surface area contributed by atoms with E-state index in [1.807, 2.05) is 0 Å². The maximum Gasteiger partial charge on any atom is 0.416 e. The molecule has 0 radical (unpaired) electrons. The first-order chi connectivity index (χ1) is 7.97. The zero-order valence-electron chi connectivity index (χ0n) is 10.1. The van der Waals surface area contributed by atoms with Crippen molar-refractivity contribution in [2.75, 3.05) is 11.9 Å². The molecular formula is C13H18F3N. The zero-order chi connectivity index (χ0) is 12.9. The molecule has 0 heterocycles. The number of hydrogen-bond donors (Lipinski definition) is 1. The lowest BCUT2D eigenvalue weighted by Crippen LogP contribution is -2.13. The van der Waals surface area contributed by atoms with E-state index in [1.54, 1.807) is 6.07 Å². The minimum absolute atomic E-state index is 0.504. The van der Waals surface area contributed by atoms with Crippen LogP contribution in [0.5, 0.6) is 0 Å². The molecule has 17 heavy (non-hydrogen) atoms. The van der Waals surface area contributed by atoms with E-state index in [2.05, 4.69) is 19.2 Å². The van der Waals surface area contributed by atoms with Crippen LogP contribution in [0, 0.1) is 5.92 Å². The number of halogens is 3. The van der Waals surface area contributed by atoms with Crippen molar-refractivity contribution in [3.8, 4) is 0 Å². The second-order valence-electron chi connectivity index (χ2n) is 4.14. The molecule has 0 aliphatic heterocycles. The van der Waals surface area contributed by atoms with Crippen LogP contribution in [0.4, 0.5) is 18.9 Å². The second kappa shape index (κ2) is 5.94. The Hall–Kier alpha value is -1.19. The van der Waals surface area contributed by atoms with Crippen LogP contribution < -0.4 is 5.32 Å². The van der Waals surface area contributed by atoms with Gasteiger partial charge in [0.05, 0.1) is 5.56 Å². The van der Waals surface area contributed by atoms with Gasteiger partial charge in [-0.3, -0.25) is 0 Å². The van der Waals surface area contributed by atoms with Crippen LogP contribution in [0.15, 0.2) is 24.3 Å². The molecule has 96 valence electrons. The molecule has 0 aliphatic carbocycles.